The number of nitrogens with one attached hydrogen (secondary N) is 1. The predicted molar refractivity (Wildman–Crippen MR) is 89.4 cm³/mol. The van der Waals surface area contributed by atoms with Gasteiger partial charge in [-0.1, -0.05) is 0 Å². The van der Waals surface area contributed by atoms with Crippen molar-refractivity contribution in [1.29, 1.82) is 0 Å². The molecule has 2 aromatic heterocycles. The standard InChI is InChI=1S/C17H21N3O2S/c1-12-7-14(23-11-12)15(21)18-8-13-9-19-16(20-10-13)17(2)5-3-4-6-22-17/h7,9-11H,3-6,8H2,1-2H3,(H,18,21)/t17-/m1/s1. The van der Waals surface area contributed by atoms with Crippen molar-refractivity contribution in [3.63, 3.8) is 0 Å². The highest BCUT2D eigenvalue weighted by Gasteiger charge is 2.32. The topological polar surface area (TPSA) is 64.1 Å². The Balaban J connectivity index is 1.60. The second-order valence-corrected chi connectivity index (χ2v) is 7.03. The zero-order chi connectivity index (χ0) is 16.3. The Morgan fingerprint density at radius 1 is 1.39 bits per heavy atom. The number of carbonyl (C=O) groups excluding carboxylic acids is 1. The van der Waals surface area contributed by atoms with Crippen molar-refractivity contribution >= 4 is 17.2 Å². The van der Waals surface area contributed by atoms with E-state index in [-0.39, 0.29) is 11.5 Å². The number of amides is 1. The molecule has 1 saturated heterocycles. The van der Waals surface area contributed by atoms with Gasteiger partial charge in [0.2, 0.25) is 0 Å². The van der Waals surface area contributed by atoms with Gasteiger partial charge < -0.3 is 10.1 Å². The van der Waals surface area contributed by atoms with Crippen molar-refractivity contribution in [2.24, 2.45) is 0 Å². The maximum atomic E-state index is 12.0. The summed E-state index contributed by atoms with van der Waals surface area (Å²) in [6.07, 6.45) is 6.72. The van der Waals surface area contributed by atoms with E-state index >= 15 is 0 Å². The van der Waals surface area contributed by atoms with Gasteiger partial charge in [0.05, 0.1) is 4.88 Å². The van der Waals surface area contributed by atoms with Crippen LogP contribution in [0.2, 0.25) is 0 Å². The molecule has 1 aliphatic rings. The number of hydrogen-bond donors (Lipinski definition) is 1. The average Bonchev–Trinajstić information content (AvgIpc) is 3.00. The number of carbonyl (C=O) groups is 1. The molecule has 1 amide bonds. The summed E-state index contributed by atoms with van der Waals surface area (Å²) in [4.78, 5) is 21.6. The molecule has 3 heterocycles. The fraction of sp³-hybridized carbons (Fsp3) is 0.471. The van der Waals surface area contributed by atoms with Gasteiger partial charge in [0, 0.05) is 31.1 Å². The van der Waals surface area contributed by atoms with Crippen LogP contribution in [0.4, 0.5) is 0 Å². The summed E-state index contributed by atoms with van der Waals surface area (Å²) in [6.45, 7) is 5.21. The maximum absolute atomic E-state index is 12.0. The van der Waals surface area contributed by atoms with Gasteiger partial charge in [0.1, 0.15) is 5.60 Å². The highest BCUT2D eigenvalue weighted by atomic mass is 32.1. The number of nitrogens with zero attached hydrogens (tertiary/aromatic N) is 2. The first-order valence-corrected chi connectivity index (χ1v) is 8.73. The maximum Gasteiger partial charge on any atom is 0.261 e. The van der Waals surface area contributed by atoms with Crippen LogP contribution in [0.1, 0.15) is 52.8 Å². The number of aromatic nitrogens is 2. The first kappa shape index (κ1) is 16.1. The molecule has 0 aromatic carbocycles. The van der Waals surface area contributed by atoms with E-state index in [1.54, 1.807) is 12.4 Å². The van der Waals surface area contributed by atoms with Crippen molar-refractivity contribution in [1.82, 2.24) is 15.3 Å². The third-order valence-electron chi connectivity index (χ3n) is 4.05. The summed E-state index contributed by atoms with van der Waals surface area (Å²) in [5.41, 5.74) is 1.61. The van der Waals surface area contributed by atoms with Crippen LogP contribution in [0.15, 0.2) is 23.8 Å². The summed E-state index contributed by atoms with van der Waals surface area (Å²) in [6, 6.07) is 1.89. The van der Waals surface area contributed by atoms with Crippen LogP contribution in [0.3, 0.4) is 0 Å². The lowest BCUT2D eigenvalue weighted by molar-refractivity contribution is -0.0760. The molecule has 1 N–H and O–H groups in total. The lowest BCUT2D eigenvalue weighted by Gasteiger charge is -2.32. The fourth-order valence-corrected chi connectivity index (χ4v) is 3.46. The van der Waals surface area contributed by atoms with E-state index in [0.717, 1.165) is 47.7 Å². The molecule has 23 heavy (non-hydrogen) atoms. The molecule has 5 nitrogen and oxygen atoms in total. The zero-order valence-electron chi connectivity index (χ0n) is 13.5. The van der Waals surface area contributed by atoms with Gasteiger partial charge in [0.15, 0.2) is 5.82 Å². The monoisotopic (exact) mass is 331 g/mol. The molecular weight excluding hydrogens is 310 g/mol. The molecule has 122 valence electrons. The predicted octanol–water partition coefficient (Wildman–Crippen LogP) is 3.19. The molecule has 0 bridgehead atoms. The second-order valence-electron chi connectivity index (χ2n) is 6.12. The van der Waals surface area contributed by atoms with E-state index in [0.29, 0.717) is 6.54 Å². The molecular formula is C17H21N3O2S. The summed E-state index contributed by atoms with van der Waals surface area (Å²) in [7, 11) is 0. The minimum atomic E-state index is -0.380. The smallest absolute Gasteiger partial charge is 0.261 e. The quantitative estimate of drug-likeness (QED) is 0.934. The molecule has 0 radical (unpaired) electrons. The highest BCUT2D eigenvalue weighted by molar-refractivity contribution is 7.12. The molecule has 3 rings (SSSR count). The largest absolute Gasteiger partial charge is 0.367 e. The Hall–Kier alpha value is -1.79. The minimum absolute atomic E-state index is 0.0604. The van der Waals surface area contributed by atoms with E-state index in [9.17, 15) is 4.79 Å². The van der Waals surface area contributed by atoms with Crippen molar-refractivity contribution in [3.8, 4) is 0 Å². The Labute approximate surface area is 140 Å². The summed E-state index contributed by atoms with van der Waals surface area (Å²) in [5, 5.41) is 4.87. The fourth-order valence-electron chi connectivity index (χ4n) is 2.65. The Kier molecular flexibility index (Phi) is 4.73. The van der Waals surface area contributed by atoms with Gasteiger partial charge in [-0.2, -0.15) is 0 Å². The molecule has 0 spiro atoms. The molecule has 1 atom stereocenters. The lowest BCUT2D eigenvalue weighted by Crippen LogP contribution is -2.32. The normalized spacial score (nSPS) is 21.1. The molecule has 0 aliphatic carbocycles. The zero-order valence-corrected chi connectivity index (χ0v) is 14.3. The Bertz CT molecular complexity index is 675. The number of aryl methyl sites for hydroxylation is 1. The van der Waals surface area contributed by atoms with E-state index in [2.05, 4.69) is 15.3 Å². The Morgan fingerprint density at radius 3 is 2.78 bits per heavy atom. The summed E-state index contributed by atoms with van der Waals surface area (Å²) >= 11 is 1.45. The SMILES string of the molecule is Cc1csc(C(=O)NCc2cnc([C@@]3(C)CCCCO3)nc2)c1. The van der Waals surface area contributed by atoms with Crippen molar-refractivity contribution in [2.45, 2.75) is 45.3 Å². The molecule has 2 aromatic rings. The number of ether oxygens (including phenoxy) is 1. The van der Waals surface area contributed by atoms with Crippen LogP contribution >= 0.6 is 11.3 Å². The third-order valence-corrected chi connectivity index (χ3v) is 5.10. The summed E-state index contributed by atoms with van der Waals surface area (Å²) in [5.74, 6) is 0.663. The van der Waals surface area contributed by atoms with Crippen molar-refractivity contribution in [3.05, 3.63) is 45.7 Å². The second kappa shape index (κ2) is 6.76. The molecule has 0 unspecified atom stereocenters. The van der Waals surface area contributed by atoms with Crippen LogP contribution in [0.25, 0.3) is 0 Å². The lowest BCUT2D eigenvalue weighted by atomic mass is 9.95. The molecule has 1 fully saturated rings. The van der Waals surface area contributed by atoms with Gasteiger partial charge in [-0.15, -0.1) is 11.3 Å². The van der Waals surface area contributed by atoms with Crippen LogP contribution in [0.5, 0.6) is 0 Å². The van der Waals surface area contributed by atoms with Gasteiger partial charge in [-0.05, 0) is 50.1 Å². The summed E-state index contributed by atoms with van der Waals surface area (Å²) < 4.78 is 5.86. The first-order valence-electron chi connectivity index (χ1n) is 7.85. The van der Waals surface area contributed by atoms with Gasteiger partial charge >= 0.3 is 0 Å². The number of hydrogen-bond acceptors (Lipinski definition) is 5. The average molecular weight is 331 g/mol. The van der Waals surface area contributed by atoms with Crippen LogP contribution < -0.4 is 5.32 Å². The van der Waals surface area contributed by atoms with E-state index in [4.69, 9.17) is 4.74 Å². The van der Waals surface area contributed by atoms with Crippen molar-refractivity contribution < 1.29 is 9.53 Å². The number of thiophene rings is 1. The van der Waals surface area contributed by atoms with Crippen molar-refractivity contribution in [2.75, 3.05) is 6.61 Å². The number of rotatable bonds is 4. The van der Waals surface area contributed by atoms with E-state index in [1.165, 1.54) is 11.3 Å². The van der Waals surface area contributed by atoms with Crippen LogP contribution in [-0.4, -0.2) is 22.5 Å². The molecule has 1 aliphatic heterocycles. The van der Waals surface area contributed by atoms with E-state index < -0.39 is 0 Å². The van der Waals surface area contributed by atoms with Crippen LogP contribution in [-0.2, 0) is 16.9 Å². The third kappa shape index (κ3) is 3.76. The van der Waals surface area contributed by atoms with Gasteiger partial charge in [-0.25, -0.2) is 9.97 Å². The molecule has 0 saturated carbocycles. The highest BCUT2D eigenvalue weighted by Crippen LogP contribution is 2.32. The van der Waals surface area contributed by atoms with Gasteiger partial charge in [-0.3, -0.25) is 4.79 Å². The first-order chi connectivity index (χ1) is 11.1. The van der Waals surface area contributed by atoms with Crippen LogP contribution in [0, 0.1) is 6.92 Å². The molecule has 6 heteroatoms. The van der Waals surface area contributed by atoms with E-state index in [1.807, 2.05) is 25.3 Å². The van der Waals surface area contributed by atoms with Gasteiger partial charge in [0.25, 0.3) is 5.91 Å². The minimum Gasteiger partial charge on any atom is -0.367 e. The Morgan fingerprint density at radius 2 is 2.17 bits per heavy atom.